The average Bonchev–Trinajstić information content (AvgIpc) is 3.32. The van der Waals surface area contributed by atoms with Crippen LogP contribution >= 0.6 is 0 Å². The lowest BCUT2D eigenvalue weighted by molar-refractivity contribution is 0.0629. The average molecular weight is 498 g/mol. The number of amides is 1. The Labute approximate surface area is 202 Å². The highest BCUT2D eigenvalue weighted by atomic mass is 32.2. The van der Waals surface area contributed by atoms with Gasteiger partial charge in [0.15, 0.2) is 11.5 Å². The zero-order valence-corrected chi connectivity index (χ0v) is 19.6. The third-order valence-corrected chi connectivity index (χ3v) is 7.41. The van der Waals surface area contributed by atoms with Crippen molar-refractivity contribution in [3.8, 4) is 11.5 Å². The first kappa shape index (κ1) is 23.1. The Morgan fingerprint density at radius 3 is 2.40 bits per heavy atom. The number of nitrogens with one attached hydrogen (secondary N) is 1. The SMILES string of the molecule is O=C(c1ccccc1NS(=O)(=O)c1ccc(F)cc1)N1CCN(Cc2ccc3c(c2)OCO3)CC1. The molecule has 0 unspecified atom stereocenters. The van der Waals surface area contributed by atoms with Crippen LogP contribution in [0.4, 0.5) is 10.1 Å². The molecule has 0 radical (unpaired) electrons. The predicted octanol–water partition coefficient (Wildman–Crippen LogP) is 3.31. The highest BCUT2D eigenvalue weighted by Gasteiger charge is 2.26. The molecule has 1 saturated heterocycles. The highest BCUT2D eigenvalue weighted by Crippen LogP contribution is 2.33. The fraction of sp³-hybridized carbons (Fsp3) is 0.240. The lowest BCUT2D eigenvalue weighted by Crippen LogP contribution is -2.48. The molecule has 3 aromatic rings. The molecule has 0 bridgehead atoms. The van der Waals surface area contributed by atoms with Gasteiger partial charge in [0.2, 0.25) is 6.79 Å². The Bertz CT molecular complexity index is 1340. The van der Waals surface area contributed by atoms with E-state index in [0.29, 0.717) is 26.2 Å². The Morgan fingerprint density at radius 1 is 0.914 bits per heavy atom. The van der Waals surface area contributed by atoms with Crippen LogP contribution < -0.4 is 14.2 Å². The van der Waals surface area contributed by atoms with Crippen LogP contribution in [0.2, 0.25) is 0 Å². The number of anilines is 1. The van der Waals surface area contributed by atoms with E-state index in [-0.39, 0.29) is 28.8 Å². The van der Waals surface area contributed by atoms with Crippen molar-refractivity contribution < 1.29 is 27.1 Å². The summed E-state index contributed by atoms with van der Waals surface area (Å²) in [6.07, 6.45) is 0. The molecule has 2 heterocycles. The van der Waals surface area contributed by atoms with E-state index in [1.54, 1.807) is 29.2 Å². The molecule has 1 N–H and O–H groups in total. The number of carbonyl (C=O) groups excluding carboxylic acids is 1. The van der Waals surface area contributed by atoms with Gasteiger partial charge in [-0.05, 0) is 54.1 Å². The number of sulfonamides is 1. The number of piperazine rings is 1. The number of benzene rings is 3. The van der Waals surface area contributed by atoms with Crippen molar-refractivity contribution in [2.24, 2.45) is 0 Å². The zero-order chi connectivity index (χ0) is 24.4. The van der Waals surface area contributed by atoms with E-state index in [1.165, 1.54) is 12.1 Å². The summed E-state index contributed by atoms with van der Waals surface area (Å²) >= 11 is 0. The maximum absolute atomic E-state index is 13.3. The van der Waals surface area contributed by atoms with Crippen LogP contribution in [-0.2, 0) is 16.6 Å². The third-order valence-electron chi connectivity index (χ3n) is 6.03. The predicted molar refractivity (Wildman–Crippen MR) is 127 cm³/mol. The van der Waals surface area contributed by atoms with Gasteiger partial charge < -0.3 is 14.4 Å². The first-order chi connectivity index (χ1) is 16.9. The molecular formula is C25H24FN3O5S. The minimum atomic E-state index is -3.98. The smallest absolute Gasteiger partial charge is 0.261 e. The Hall–Kier alpha value is -3.63. The summed E-state index contributed by atoms with van der Waals surface area (Å²) < 4.78 is 52.0. The van der Waals surface area contributed by atoms with E-state index in [9.17, 15) is 17.6 Å². The molecule has 35 heavy (non-hydrogen) atoms. The molecule has 8 nitrogen and oxygen atoms in total. The lowest BCUT2D eigenvalue weighted by atomic mass is 10.1. The minimum absolute atomic E-state index is 0.0849. The fourth-order valence-electron chi connectivity index (χ4n) is 4.15. The lowest BCUT2D eigenvalue weighted by Gasteiger charge is -2.35. The number of fused-ring (bicyclic) bond motifs is 1. The fourth-order valence-corrected chi connectivity index (χ4v) is 5.23. The minimum Gasteiger partial charge on any atom is -0.454 e. The van der Waals surface area contributed by atoms with E-state index < -0.39 is 15.8 Å². The summed E-state index contributed by atoms with van der Waals surface area (Å²) in [4.78, 5) is 17.2. The molecule has 3 aromatic carbocycles. The number of rotatable bonds is 6. The van der Waals surface area contributed by atoms with Crippen LogP contribution in [0.1, 0.15) is 15.9 Å². The van der Waals surface area contributed by atoms with E-state index >= 15 is 0 Å². The standard InChI is InChI=1S/C25H24FN3O5S/c26-19-6-8-20(9-7-19)35(31,32)27-22-4-2-1-3-21(22)25(30)29-13-11-28(12-14-29)16-18-5-10-23-24(15-18)34-17-33-23/h1-10,15,27H,11-14,16-17H2. The normalized spacial score (nSPS) is 15.7. The number of carbonyl (C=O) groups is 1. The summed E-state index contributed by atoms with van der Waals surface area (Å²) in [5, 5.41) is 0. The second kappa shape index (κ2) is 9.55. The molecular weight excluding hydrogens is 473 g/mol. The topological polar surface area (TPSA) is 88.2 Å². The number of ether oxygens (including phenoxy) is 2. The highest BCUT2D eigenvalue weighted by molar-refractivity contribution is 7.92. The first-order valence-electron chi connectivity index (χ1n) is 11.2. The van der Waals surface area contributed by atoms with Gasteiger partial charge in [-0.25, -0.2) is 12.8 Å². The monoisotopic (exact) mass is 497 g/mol. The number of halogens is 1. The van der Waals surface area contributed by atoms with Crippen molar-refractivity contribution in [1.29, 1.82) is 0 Å². The van der Waals surface area contributed by atoms with Gasteiger partial charge in [-0.2, -0.15) is 0 Å². The van der Waals surface area contributed by atoms with Gasteiger partial charge in [0.25, 0.3) is 15.9 Å². The molecule has 2 aliphatic heterocycles. The molecule has 10 heteroatoms. The maximum atomic E-state index is 13.3. The second-order valence-corrected chi connectivity index (χ2v) is 10.0. The molecule has 0 aromatic heterocycles. The van der Waals surface area contributed by atoms with Crippen LogP contribution in [0, 0.1) is 5.82 Å². The molecule has 0 saturated carbocycles. The quantitative estimate of drug-likeness (QED) is 0.562. The first-order valence-corrected chi connectivity index (χ1v) is 12.6. The van der Waals surface area contributed by atoms with Crippen LogP contribution in [0.15, 0.2) is 71.6 Å². The second-order valence-electron chi connectivity index (χ2n) is 8.36. The van der Waals surface area contributed by atoms with Crippen molar-refractivity contribution >= 4 is 21.6 Å². The van der Waals surface area contributed by atoms with Crippen molar-refractivity contribution in [2.45, 2.75) is 11.4 Å². The number of nitrogens with zero attached hydrogens (tertiary/aromatic N) is 2. The van der Waals surface area contributed by atoms with Crippen molar-refractivity contribution in [2.75, 3.05) is 37.7 Å². The molecule has 182 valence electrons. The Kier molecular flexibility index (Phi) is 6.31. The number of para-hydroxylation sites is 1. The van der Waals surface area contributed by atoms with Crippen LogP contribution in [0.25, 0.3) is 0 Å². The molecule has 0 spiro atoms. The summed E-state index contributed by atoms with van der Waals surface area (Å²) in [7, 11) is -3.98. The Morgan fingerprint density at radius 2 is 1.63 bits per heavy atom. The van der Waals surface area contributed by atoms with Crippen LogP contribution in [0.5, 0.6) is 11.5 Å². The number of hydrogen-bond acceptors (Lipinski definition) is 6. The maximum Gasteiger partial charge on any atom is 0.261 e. The van der Waals surface area contributed by atoms with Crippen molar-refractivity contribution in [1.82, 2.24) is 9.80 Å². The third kappa shape index (κ3) is 5.08. The van der Waals surface area contributed by atoms with Crippen molar-refractivity contribution in [3.05, 3.63) is 83.7 Å². The molecule has 1 fully saturated rings. The molecule has 1 amide bonds. The van der Waals surface area contributed by atoms with Gasteiger partial charge >= 0.3 is 0 Å². The van der Waals surface area contributed by atoms with Crippen LogP contribution in [0.3, 0.4) is 0 Å². The van der Waals surface area contributed by atoms with E-state index in [1.807, 2.05) is 18.2 Å². The van der Waals surface area contributed by atoms with Gasteiger partial charge in [-0.3, -0.25) is 14.4 Å². The summed E-state index contributed by atoms with van der Waals surface area (Å²) in [6, 6.07) is 16.9. The summed E-state index contributed by atoms with van der Waals surface area (Å²) in [5.41, 5.74) is 1.56. The van der Waals surface area contributed by atoms with Gasteiger partial charge in [0, 0.05) is 32.7 Å². The van der Waals surface area contributed by atoms with E-state index in [2.05, 4.69) is 9.62 Å². The molecule has 0 aliphatic carbocycles. The Balaban J connectivity index is 1.24. The summed E-state index contributed by atoms with van der Waals surface area (Å²) in [6.45, 7) is 3.37. The van der Waals surface area contributed by atoms with Gasteiger partial charge in [-0.15, -0.1) is 0 Å². The largest absolute Gasteiger partial charge is 0.454 e. The summed E-state index contributed by atoms with van der Waals surface area (Å²) in [5.74, 6) is 0.719. The van der Waals surface area contributed by atoms with Crippen molar-refractivity contribution in [3.63, 3.8) is 0 Å². The molecule has 2 aliphatic rings. The van der Waals surface area contributed by atoms with E-state index in [0.717, 1.165) is 35.7 Å². The molecule has 5 rings (SSSR count). The molecule has 0 atom stereocenters. The van der Waals surface area contributed by atoms with E-state index in [4.69, 9.17) is 9.47 Å². The van der Waals surface area contributed by atoms with Crippen LogP contribution in [-0.4, -0.2) is 57.1 Å². The van der Waals surface area contributed by atoms with Gasteiger partial charge in [0.1, 0.15) is 5.82 Å². The number of hydrogen-bond donors (Lipinski definition) is 1. The van der Waals surface area contributed by atoms with Gasteiger partial charge in [-0.1, -0.05) is 18.2 Å². The zero-order valence-electron chi connectivity index (χ0n) is 18.8. The van der Waals surface area contributed by atoms with Gasteiger partial charge in [0.05, 0.1) is 16.1 Å².